The maximum absolute atomic E-state index is 14.7. The highest BCUT2D eigenvalue weighted by molar-refractivity contribution is 6.33. The summed E-state index contributed by atoms with van der Waals surface area (Å²) >= 11 is 12.8. The number of likely N-dealkylation sites (tertiary alicyclic amines) is 1. The molecule has 6 rings (SSSR count). The first-order valence-electron chi connectivity index (χ1n) is 13.6. The lowest BCUT2D eigenvalue weighted by Gasteiger charge is -2.36. The number of ether oxygens (including phenoxy) is 2. The quantitative estimate of drug-likeness (QED) is 0.244. The Morgan fingerprint density at radius 1 is 1.14 bits per heavy atom. The van der Waals surface area contributed by atoms with Crippen molar-refractivity contribution in [1.29, 1.82) is 0 Å². The Balaban J connectivity index is 1.45. The van der Waals surface area contributed by atoms with Gasteiger partial charge in [0.2, 0.25) is 11.8 Å². The number of pyridine rings is 1. The van der Waals surface area contributed by atoms with E-state index in [4.69, 9.17) is 42.6 Å². The molecule has 4 aromatic rings. The molecule has 2 aliphatic rings. The first kappa shape index (κ1) is 28.4. The molecule has 1 N–H and O–H groups in total. The number of aromatic nitrogens is 5. The standard InChI is InChI=1S/C28H29Cl2FN8O3/c1-4-22(40)38-7-9-39(10-8-38)26-16-11-21(29)33-27(42-25-17-13-32-36-19(17)12-18(31)23(25)30)24(16)34-28(35-26)41-20-5-6-37(3)14-15(20)2/h4,11-13,15,20H,1,5-10,14H2,2-3H3,(H,32,36)/t15-,20?/m1/s1. The van der Waals surface area contributed by atoms with Gasteiger partial charge in [0.15, 0.2) is 5.75 Å². The summed E-state index contributed by atoms with van der Waals surface area (Å²) in [6.45, 7) is 9.49. The highest BCUT2D eigenvalue weighted by Gasteiger charge is 2.29. The molecule has 220 valence electrons. The number of piperidine rings is 1. The van der Waals surface area contributed by atoms with Crippen molar-refractivity contribution in [2.75, 3.05) is 51.2 Å². The summed E-state index contributed by atoms with van der Waals surface area (Å²) in [5.74, 6) is 0.0476. The van der Waals surface area contributed by atoms with Gasteiger partial charge in [-0.15, -0.1) is 0 Å². The maximum atomic E-state index is 14.7. The molecule has 1 aromatic carbocycles. The first-order valence-corrected chi connectivity index (χ1v) is 14.4. The molecule has 0 saturated carbocycles. The molecule has 0 aliphatic carbocycles. The van der Waals surface area contributed by atoms with E-state index >= 15 is 0 Å². The molecule has 2 fully saturated rings. The Morgan fingerprint density at radius 2 is 1.93 bits per heavy atom. The first-order chi connectivity index (χ1) is 20.2. The molecule has 1 amide bonds. The van der Waals surface area contributed by atoms with Gasteiger partial charge in [0.1, 0.15) is 33.4 Å². The molecule has 2 saturated heterocycles. The molecule has 11 nitrogen and oxygen atoms in total. The monoisotopic (exact) mass is 614 g/mol. The molecule has 5 heterocycles. The van der Waals surface area contributed by atoms with Crippen LogP contribution in [-0.2, 0) is 4.79 Å². The number of carbonyl (C=O) groups excluding carboxylic acids is 1. The number of hydrogen-bond acceptors (Lipinski definition) is 9. The van der Waals surface area contributed by atoms with E-state index in [9.17, 15) is 9.18 Å². The minimum absolute atomic E-state index is 0.0119. The van der Waals surface area contributed by atoms with Crippen LogP contribution in [0.5, 0.6) is 17.6 Å². The second-order valence-corrected chi connectivity index (χ2v) is 11.4. The van der Waals surface area contributed by atoms with Gasteiger partial charge < -0.3 is 24.2 Å². The lowest BCUT2D eigenvalue weighted by atomic mass is 9.97. The van der Waals surface area contributed by atoms with Crippen molar-refractivity contribution < 1.29 is 18.7 Å². The molecule has 0 radical (unpaired) electrons. The van der Waals surface area contributed by atoms with Gasteiger partial charge in [0.25, 0.3) is 0 Å². The van der Waals surface area contributed by atoms with E-state index in [0.29, 0.717) is 53.8 Å². The van der Waals surface area contributed by atoms with Crippen LogP contribution in [0.15, 0.2) is 31.0 Å². The van der Waals surface area contributed by atoms with Crippen molar-refractivity contribution in [2.24, 2.45) is 5.92 Å². The predicted molar refractivity (Wildman–Crippen MR) is 158 cm³/mol. The van der Waals surface area contributed by atoms with Gasteiger partial charge in [-0.25, -0.2) is 4.39 Å². The van der Waals surface area contributed by atoms with E-state index in [-0.39, 0.29) is 45.7 Å². The highest BCUT2D eigenvalue weighted by atomic mass is 35.5. The Hall–Kier alpha value is -3.74. The Bertz CT molecular complexity index is 1680. The van der Waals surface area contributed by atoms with Crippen molar-refractivity contribution in [3.63, 3.8) is 0 Å². The normalized spacial score (nSPS) is 19.8. The number of fused-ring (bicyclic) bond motifs is 2. The molecular formula is C28H29Cl2FN8O3. The Labute approximate surface area is 251 Å². The molecule has 0 spiro atoms. The summed E-state index contributed by atoms with van der Waals surface area (Å²) in [5.41, 5.74) is 0.724. The van der Waals surface area contributed by atoms with Crippen molar-refractivity contribution in [2.45, 2.75) is 19.4 Å². The van der Waals surface area contributed by atoms with Gasteiger partial charge in [0.05, 0.1) is 22.5 Å². The molecule has 1 unspecified atom stereocenters. The summed E-state index contributed by atoms with van der Waals surface area (Å²) in [6.07, 6.45) is 3.52. The molecule has 3 aromatic heterocycles. The summed E-state index contributed by atoms with van der Waals surface area (Å²) in [5, 5.41) is 7.64. The van der Waals surface area contributed by atoms with Crippen LogP contribution in [0.2, 0.25) is 10.2 Å². The zero-order valence-corrected chi connectivity index (χ0v) is 24.6. The molecule has 2 atom stereocenters. The molecule has 2 aliphatic heterocycles. The van der Waals surface area contributed by atoms with Gasteiger partial charge >= 0.3 is 6.01 Å². The van der Waals surface area contributed by atoms with Crippen LogP contribution in [0.3, 0.4) is 0 Å². The third-order valence-electron chi connectivity index (χ3n) is 7.72. The van der Waals surface area contributed by atoms with Crippen LogP contribution < -0.4 is 14.4 Å². The van der Waals surface area contributed by atoms with Crippen molar-refractivity contribution in [1.82, 2.24) is 34.9 Å². The second kappa shape index (κ2) is 11.5. The summed E-state index contributed by atoms with van der Waals surface area (Å²) in [6, 6.07) is 3.06. The summed E-state index contributed by atoms with van der Waals surface area (Å²) < 4.78 is 27.3. The number of nitrogens with one attached hydrogen (secondary N) is 1. The average Bonchev–Trinajstić information content (AvgIpc) is 3.44. The van der Waals surface area contributed by atoms with Gasteiger partial charge in [0, 0.05) is 51.3 Å². The zero-order chi connectivity index (χ0) is 29.5. The number of aromatic amines is 1. The van der Waals surface area contributed by atoms with Crippen LogP contribution in [0.4, 0.5) is 10.2 Å². The number of carbonyl (C=O) groups is 1. The SMILES string of the molecule is C=CC(=O)N1CCN(c2nc(OC3CCN(C)C[C@H]3C)nc3c(Oc4c(Cl)c(F)cc5[nH]ncc45)nc(Cl)cc23)CC1. The van der Waals surface area contributed by atoms with Crippen LogP contribution in [0.25, 0.3) is 21.8 Å². The molecule has 0 bridgehead atoms. The van der Waals surface area contributed by atoms with E-state index in [0.717, 1.165) is 19.5 Å². The zero-order valence-electron chi connectivity index (χ0n) is 23.1. The minimum Gasteiger partial charge on any atom is -0.460 e. The van der Waals surface area contributed by atoms with Gasteiger partial charge in [-0.1, -0.05) is 36.7 Å². The van der Waals surface area contributed by atoms with Gasteiger partial charge in [-0.05, 0) is 25.6 Å². The highest BCUT2D eigenvalue weighted by Crippen LogP contribution is 2.41. The van der Waals surface area contributed by atoms with E-state index in [1.54, 1.807) is 11.0 Å². The maximum Gasteiger partial charge on any atom is 0.319 e. The van der Waals surface area contributed by atoms with E-state index in [1.165, 1.54) is 18.3 Å². The summed E-state index contributed by atoms with van der Waals surface area (Å²) in [7, 11) is 2.08. The van der Waals surface area contributed by atoms with Gasteiger partial charge in [-0.3, -0.25) is 9.89 Å². The number of benzene rings is 1. The van der Waals surface area contributed by atoms with Gasteiger partial charge in [-0.2, -0.15) is 20.1 Å². The molecule has 14 heteroatoms. The average molecular weight is 615 g/mol. The van der Waals surface area contributed by atoms with Crippen molar-refractivity contribution in [3.05, 3.63) is 47.0 Å². The summed E-state index contributed by atoms with van der Waals surface area (Å²) in [4.78, 5) is 32.2. The van der Waals surface area contributed by atoms with Crippen LogP contribution in [0, 0.1) is 11.7 Å². The topological polar surface area (TPSA) is 113 Å². The Morgan fingerprint density at radius 3 is 2.67 bits per heavy atom. The fraction of sp³-hybridized carbons (Fsp3) is 0.393. The van der Waals surface area contributed by atoms with Crippen LogP contribution >= 0.6 is 23.2 Å². The van der Waals surface area contributed by atoms with Crippen LogP contribution in [0.1, 0.15) is 13.3 Å². The number of hydrogen-bond donors (Lipinski definition) is 1. The third-order valence-corrected chi connectivity index (χ3v) is 8.27. The smallest absolute Gasteiger partial charge is 0.319 e. The minimum atomic E-state index is -0.683. The molecule has 42 heavy (non-hydrogen) atoms. The fourth-order valence-corrected chi connectivity index (χ4v) is 5.89. The number of piperazine rings is 1. The number of H-pyrrole nitrogens is 1. The number of amides is 1. The number of halogens is 3. The number of rotatable bonds is 6. The predicted octanol–water partition coefficient (Wildman–Crippen LogP) is 4.69. The largest absolute Gasteiger partial charge is 0.460 e. The third kappa shape index (κ3) is 5.41. The molecular weight excluding hydrogens is 586 g/mol. The number of nitrogens with zero attached hydrogens (tertiary/aromatic N) is 7. The number of anilines is 1. The second-order valence-electron chi connectivity index (χ2n) is 10.6. The Kier molecular flexibility index (Phi) is 7.77. The lowest BCUT2D eigenvalue weighted by molar-refractivity contribution is -0.126. The van der Waals surface area contributed by atoms with E-state index in [1.807, 2.05) is 4.90 Å². The van der Waals surface area contributed by atoms with Crippen molar-refractivity contribution in [3.8, 4) is 17.6 Å². The van der Waals surface area contributed by atoms with E-state index < -0.39 is 5.82 Å². The lowest BCUT2D eigenvalue weighted by Crippen LogP contribution is -2.48. The van der Waals surface area contributed by atoms with E-state index in [2.05, 4.69) is 40.6 Å². The van der Waals surface area contributed by atoms with Crippen molar-refractivity contribution >= 4 is 56.7 Å². The fourth-order valence-electron chi connectivity index (χ4n) is 5.51. The van der Waals surface area contributed by atoms with Crippen LogP contribution in [-0.4, -0.2) is 93.3 Å².